The number of aromatic nitrogens is 2. The lowest BCUT2D eigenvalue weighted by molar-refractivity contribution is 0.399. The number of hydrogen-bond donors (Lipinski definition) is 2. The molecule has 0 amide bonds. The van der Waals surface area contributed by atoms with Crippen LogP contribution in [0.1, 0.15) is 42.7 Å². The number of allylic oxidation sites excluding steroid dienone is 2. The monoisotopic (exact) mass is 370 g/mol. The standard InChI is InChI=1S/C24H22N2O2/c1-2-25-19-6-4-3-5-17(19)18-13-16(11-12-20(18)25)26-23(27)21-14-7-8-15(10-9-14)22(21)24(26)28/h3-8,11-15,27-28H,2,9-10H2,1H3/t14-,15?/m0/s1. The predicted molar refractivity (Wildman–Crippen MR) is 112 cm³/mol. The molecular formula is C24H22N2O2. The van der Waals surface area contributed by atoms with Gasteiger partial charge in [0, 0.05) is 51.3 Å². The van der Waals surface area contributed by atoms with E-state index in [9.17, 15) is 10.2 Å². The molecule has 2 aromatic heterocycles. The van der Waals surface area contributed by atoms with E-state index in [1.54, 1.807) is 4.57 Å². The number of rotatable bonds is 2. The number of hydrogen-bond acceptors (Lipinski definition) is 2. The largest absolute Gasteiger partial charge is 0.494 e. The normalized spacial score (nSPS) is 20.3. The van der Waals surface area contributed by atoms with E-state index in [4.69, 9.17) is 0 Å². The van der Waals surface area contributed by atoms with E-state index in [0.29, 0.717) is 0 Å². The quantitative estimate of drug-likeness (QED) is 0.455. The summed E-state index contributed by atoms with van der Waals surface area (Å²) < 4.78 is 3.93. The molecule has 2 aromatic carbocycles. The summed E-state index contributed by atoms with van der Waals surface area (Å²) in [4.78, 5) is 0. The molecule has 2 N–H and O–H groups in total. The van der Waals surface area contributed by atoms with Gasteiger partial charge >= 0.3 is 0 Å². The molecule has 4 heteroatoms. The second-order valence-corrected chi connectivity index (χ2v) is 7.95. The summed E-state index contributed by atoms with van der Waals surface area (Å²) in [6.45, 7) is 3.05. The number of para-hydroxylation sites is 1. The first-order chi connectivity index (χ1) is 13.7. The van der Waals surface area contributed by atoms with Gasteiger partial charge in [-0.1, -0.05) is 30.4 Å². The number of benzene rings is 2. The van der Waals surface area contributed by atoms with E-state index in [1.165, 1.54) is 16.4 Å². The molecule has 0 aliphatic heterocycles. The van der Waals surface area contributed by atoms with Gasteiger partial charge in [-0.05, 0) is 44.0 Å². The first-order valence-electron chi connectivity index (χ1n) is 10.0. The van der Waals surface area contributed by atoms with E-state index < -0.39 is 0 Å². The van der Waals surface area contributed by atoms with E-state index in [2.05, 4.69) is 60.0 Å². The van der Waals surface area contributed by atoms with Crippen LogP contribution in [0.3, 0.4) is 0 Å². The first kappa shape index (κ1) is 15.9. The minimum absolute atomic E-state index is 0.185. The lowest BCUT2D eigenvalue weighted by atomic mass is 9.73. The Balaban J connectivity index is 1.63. The summed E-state index contributed by atoms with van der Waals surface area (Å²) in [6.07, 6.45) is 6.43. The smallest absolute Gasteiger partial charge is 0.202 e. The highest BCUT2D eigenvalue weighted by molar-refractivity contribution is 6.08. The van der Waals surface area contributed by atoms with Gasteiger partial charge in [0.05, 0.1) is 5.69 Å². The molecule has 0 saturated carbocycles. The number of aryl methyl sites for hydroxylation is 1. The maximum absolute atomic E-state index is 11.0. The maximum Gasteiger partial charge on any atom is 0.202 e. The van der Waals surface area contributed by atoms with E-state index >= 15 is 0 Å². The summed E-state index contributed by atoms with van der Waals surface area (Å²) >= 11 is 0. The average molecular weight is 370 g/mol. The highest BCUT2D eigenvalue weighted by Gasteiger charge is 2.38. The Kier molecular flexibility index (Phi) is 3.09. The van der Waals surface area contributed by atoms with Gasteiger partial charge in [0.1, 0.15) is 0 Å². The van der Waals surface area contributed by atoms with Crippen molar-refractivity contribution in [3.63, 3.8) is 0 Å². The maximum atomic E-state index is 11.0. The van der Waals surface area contributed by atoms with Crippen LogP contribution in [0, 0.1) is 0 Å². The van der Waals surface area contributed by atoms with Crippen LogP contribution in [-0.4, -0.2) is 19.3 Å². The zero-order chi connectivity index (χ0) is 19.0. The zero-order valence-electron chi connectivity index (χ0n) is 15.8. The van der Waals surface area contributed by atoms with Gasteiger partial charge in [-0.25, -0.2) is 0 Å². The molecule has 0 spiro atoms. The van der Waals surface area contributed by atoms with Gasteiger partial charge in [-0.15, -0.1) is 0 Å². The Bertz CT molecular complexity index is 1250. The summed E-state index contributed by atoms with van der Waals surface area (Å²) in [5.41, 5.74) is 5.00. The van der Waals surface area contributed by atoms with Crippen molar-refractivity contribution < 1.29 is 10.2 Å². The third kappa shape index (κ3) is 1.85. The minimum Gasteiger partial charge on any atom is -0.494 e. The van der Waals surface area contributed by atoms with Crippen LogP contribution < -0.4 is 0 Å². The molecule has 28 heavy (non-hydrogen) atoms. The summed E-state index contributed by atoms with van der Waals surface area (Å²) in [7, 11) is 0. The second kappa shape index (κ2) is 5.44. The van der Waals surface area contributed by atoms with Crippen LogP contribution in [0.5, 0.6) is 11.8 Å². The van der Waals surface area contributed by atoms with Crippen LogP contribution in [-0.2, 0) is 6.54 Å². The lowest BCUT2D eigenvalue weighted by Crippen LogP contribution is -2.15. The fourth-order valence-corrected chi connectivity index (χ4v) is 5.38. The molecule has 2 heterocycles. The molecule has 2 atom stereocenters. The Hall–Kier alpha value is -3.14. The van der Waals surface area contributed by atoms with Crippen molar-refractivity contribution in [2.45, 2.75) is 38.1 Å². The lowest BCUT2D eigenvalue weighted by Gasteiger charge is -2.30. The molecule has 140 valence electrons. The van der Waals surface area contributed by atoms with Crippen molar-refractivity contribution in [3.8, 4) is 17.4 Å². The van der Waals surface area contributed by atoms with E-state index in [1.807, 2.05) is 6.07 Å². The number of nitrogens with zero attached hydrogens (tertiary/aromatic N) is 2. The highest BCUT2D eigenvalue weighted by atomic mass is 16.3. The van der Waals surface area contributed by atoms with Crippen molar-refractivity contribution in [1.29, 1.82) is 0 Å². The van der Waals surface area contributed by atoms with Crippen molar-refractivity contribution in [3.05, 3.63) is 65.7 Å². The third-order valence-electron chi connectivity index (χ3n) is 6.63. The second-order valence-electron chi connectivity index (χ2n) is 7.95. The molecule has 1 unspecified atom stereocenters. The molecule has 0 radical (unpaired) electrons. The molecule has 4 aromatic rings. The van der Waals surface area contributed by atoms with Gasteiger partial charge in [0.25, 0.3) is 0 Å². The molecule has 3 aliphatic rings. The van der Waals surface area contributed by atoms with Gasteiger partial charge in [-0.2, -0.15) is 0 Å². The molecular weight excluding hydrogens is 348 g/mol. The number of fused-ring (bicyclic) bond motifs is 4. The molecule has 3 aliphatic carbocycles. The molecule has 0 fully saturated rings. The number of aromatic hydroxyl groups is 2. The summed E-state index contributed by atoms with van der Waals surface area (Å²) in [5, 5.41) is 24.4. The molecule has 4 nitrogen and oxygen atoms in total. The van der Waals surface area contributed by atoms with Crippen LogP contribution in [0.25, 0.3) is 27.5 Å². The third-order valence-corrected chi connectivity index (χ3v) is 6.63. The SMILES string of the molecule is CCn1c2ccccc2c2cc(-n3c(O)c4c(c3O)[C@H]3C=CC4CC3)ccc21. The van der Waals surface area contributed by atoms with Crippen LogP contribution in [0.2, 0.25) is 0 Å². The Morgan fingerprint density at radius 3 is 2.14 bits per heavy atom. The Labute approximate surface area is 162 Å². The van der Waals surface area contributed by atoms with Crippen molar-refractivity contribution in [2.75, 3.05) is 0 Å². The van der Waals surface area contributed by atoms with Gasteiger partial charge < -0.3 is 14.8 Å². The Morgan fingerprint density at radius 2 is 1.50 bits per heavy atom. The molecule has 0 saturated heterocycles. The van der Waals surface area contributed by atoms with Crippen LogP contribution in [0.15, 0.2) is 54.6 Å². The van der Waals surface area contributed by atoms with Gasteiger partial charge in [-0.3, -0.25) is 4.57 Å². The molecule has 7 rings (SSSR count). The predicted octanol–water partition coefficient (Wildman–Crippen LogP) is 5.55. The zero-order valence-corrected chi connectivity index (χ0v) is 15.8. The van der Waals surface area contributed by atoms with Crippen LogP contribution >= 0.6 is 0 Å². The van der Waals surface area contributed by atoms with Crippen molar-refractivity contribution in [1.82, 2.24) is 9.13 Å². The summed E-state index contributed by atoms with van der Waals surface area (Å²) in [6, 6.07) is 14.6. The fourth-order valence-electron chi connectivity index (χ4n) is 5.38. The van der Waals surface area contributed by atoms with Gasteiger partial charge in [0.2, 0.25) is 11.8 Å². The van der Waals surface area contributed by atoms with E-state index in [0.717, 1.165) is 41.6 Å². The van der Waals surface area contributed by atoms with Crippen molar-refractivity contribution >= 4 is 21.8 Å². The highest BCUT2D eigenvalue weighted by Crippen LogP contribution is 2.54. The first-order valence-corrected chi connectivity index (χ1v) is 10.0. The van der Waals surface area contributed by atoms with Crippen molar-refractivity contribution in [2.24, 2.45) is 0 Å². The van der Waals surface area contributed by atoms with Gasteiger partial charge in [0.15, 0.2) is 0 Å². The Morgan fingerprint density at radius 1 is 0.857 bits per heavy atom. The van der Waals surface area contributed by atoms with Crippen LogP contribution in [0.4, 0.5) is 0 Å². The fraction of sp³-hybridized carbons (Fsp3) is 0.250. The van der Waals surface area contributed by atoms with E-state index in [-0.39, 0.29) is 23.6 Å². The minimum atomic E-state index is 0.185. The molecule has 2 bridgehead atoms. The topological polar surface area (TPSA) is 50.3 Å². The average Bonchev–Trinajstić information content (AvgIpc) is 3.21. The summed E-state index contributed by atoms with van der Waals surface area (Å²) in [5.74, 6) is 0.783.